The molecule has 0 spiro atoms. The third-order valence-corrected chi connectivity index (χ3v) is 9.38. The van der Waals surface area contributed by atoms with E-state index in [4.69, 9.17) is 0 Å². The Morgan fingerprint density at radius 1 is 0.613 bits per heavy atom. The highest BCUT2D eigenvalue weighted by Gasteiger charge is 2.50. The van der Waals surface area contributed by atoms with Gasteiger partial charge >= 0.3 is 0 Å². The van der Waals surface area contributed by atoms with Crippen LogP contribution >= 0.6 is 7.26 Å². The lowest BCUT2D eigenvalue weighted by Gasteiger charge is -2.29. The molecule has 2 nitrogen and oxygen atoms in total. The zero-order chi connectivity index (χ0) is 21.5. The molecule has 0 aliphatic rings. The highest BCUT2D eigenvalue weighted by Crippen LogP contribution is 2.61. The van der Waals surface area contributed by atoms with Crippen LogP contribution in [-0.2, 0) is 4.79 Å². The maximum atomic E-state index is 12.5. The van der Waals surface area contributed by atoms with Crippen molar-refractivity contribution in [2.75, 3.05) is 0 Å². The van der Waals surface area contributed by atoms with Gasteiger partial charge in [-0.3, -0.25) is 10.1 Å². The lowest BCUT2D eigenvalue weighted by atomic mass is 10.2. The Balaban J connectivity index is 2.12. The molecular weight excluding hydrogens is 397 g/mol. The molecule has 0 saturated carbocycles. The highest BCUT2D eigenvalue weighted by atomic mass is 31.2. The molecule has 0 atom stereocenters. The third kappa shape index (κ3) is 4.35. The fraction of sp³-hybridized carbons (Fsp3) is 0.0357. The van der Waals surface area contributed by atoms with Crippen molar-refractivity contribution >= 4 is 35.2 Å². The number of amides is 1. The molecule has 1 amide bonds. The van der Waals surface area contributed by atoms with E-state index in [1.165, 1.54) is 15.9 Å². The number of carbonyl (C=O) groups excluding carboxylic acids is 1. The summed E-state index contributed by atoms with van der Waals surface area (Å²) >= 11 is 0. The average Bonchev–Trinajstić information content (AvgIpc) is 2.82. The molecule has 0 bridgehead atoms. The summed E-state index contributed by atoms with van der Waals surface area (Å²) in [4.78, 5) is 12.5. The van der Waals surface area contributed by atoms with Crippen LogP contribution in [0.2, 0.25) is 0 Å². The molecule has 0 aliphatic heterocycles. The van der Waals surface area contributed by atoms with Crippen LogP contribution in [0.1, 0.15) is 12.5 Å². The third-order valence-electron chi connectivity index (χ3n) is 5.20. The lowest BCUT2D eigenvalue weighted by molar-refractivity contribution is -0.118. The summed E-state index contributed by atoms with van der Waals surface area (Å²) < 4.78 is 0. The second-order valence-electron chi connectivity index (χ2n) is 7.30. The van der Waals surface area contributed by atoms with E-state index in [2.05, 4.69) is 96.3 Å². The highest BCUT2D eigenvalue weighted by molar-refractivity contribution is 7.99. The molecule has 0 unspecified atom stereocenters. The van der Waals surface area contributed by atoms with Gasteiger partial charge in [0, 0.05) is 13.0 Å². The van der Waals surface area contributed by atoms with Gasteiger partial charge in [0.15, 0.2) is 12.7 Å². The summed E-state index contributed by atoms with van der Waals surface area (Å²) in [5.41, 5.74) is 1.98. The number of hydrogen-bond donors (Lipinski definition) is 1. The Hall–Kier alpha value is -3.48. The summed E-state index contributed by atoms with van der Waals surface area (Å²) in [7, 11) is -2.35. The van der Waals surface area contributed by atoms with E-state index in [0.717, 1.165) is 11.0 Å². The van der Waals surface area contributed by atoms with E-state index in [1.54, 1.807) is 6.92 Å². The van der Waals surface area contributed by atoms with E-state index in [0.29, 0.717) is 0 Å². The van der Waals surface area contributed by atoms with Crippen molar-refractivity contribution in [3.63, 3.8) is 0 Å². The van der Waals surface area contributed by atoms with Crippen molar-refractivity contribution in [2.24, 2.45) is 0 Å². The fourth-order valence-corrected chi connectivity index (χ4v) is 8.18. The van der Waals surface area contributed by atoms with Crippen LogP contribution in [0.25, 0.3) is 6.08 Å². The van der Waals surface area contributed by atoms with Crippen molar-refractivity contribution in [1.82, 2.24) is 5.32 Å². The van der Waals surface area contributed by atoms with Gasteiger partial charge in [-0.1, -0.05) is 84.9 Å². The smallest absolute Gasteiger partial charge is 0.223 e. The number of nitrogens with one attached hydrogen (secondary N) is 1. The largest absolute Gasteiger partial charge is 0.296 e. The molecule has 4 rings (SSSR count). The first-order valence-electron chi connectivity index (χ1n) is 10.3. The van der Waals surface area contributed by atoms with Crippen LogP contribution in [-0.4, -0.2) is 5.91 Å². The van der Waals surface area contributed by atoms with Crippen molar-refractivity contribution in [3.05, 3.63) is 132 Å². The summed E-state index contributed by atoms with van der Waals surface area (Å²) in [6, 6.07) is 41.8. The minimum Gasteiger partial charge on any atom is -0.296 e. The summed E-state index contributed by atoms with van der Waals surface area (Å²) in [6.07, 6.45) is 2.13. The molecule has 0 fully saturated rings. The average molecular weight is 422 g/mol. The second kappa shape index (κ2) is 9.55. The molecule has 0 radical (unpaired) electrons. The van der Waals surface area contributed by atoms with E-state index in [1.807, 2.05) is 36.4 Å². The van der Waals surface area contributed by atoms with Crippen LogP contribution in [0.15, 0.2) is 127 Å². The van der Waals surface area contributed by atoms with Gasteiger partial charge in [-0.05, 0) is 42.0 Å². The molecule has 4 aromatic carbocycles. The molecule has 0 aliphatic carbocycles. The number of hydrogen-bond acceptors (Lipinski definition) is 1. The molecule has 0 saturated heterocycles. The summed E-state index contributed by atoms with van der Waals surface area (Å²) in [5, 5.41) is 6.83. The zero-order valence-electron chi connectivity index (χ0n) is 17.5. The zero-order valence-corrected chi connectivity index (χ0v) is 18.4. The maximum absolute atomic E-state index is 12.5. The van der Waals surface area contributed by atoms with Crippen LogP contribution in [0, 0.1) is 0 Å². The predicted molar refractivity (Wildman–Crippen MR) is 133 cm³/mol. The summed E-state index contributed by atoms with van der Waals surface area (Å²) in [6.45, 7) is 1.58. The van der Waals surface area contributed by atoms with Gasteiger partial charge in [0.05, 0.1) is 0 Å². The first-order valence-corrected chi connectivity index (χ1v) is 12.1. The standard InChI is InChI=1S/C28H24NOP/c1-23(30)29-28(22-24-14-6-2-7-15-24)31(25-16-8-3-9-17-25,26-18-10-4-11-19-26)27-20-12-5-13-21-27/h2-22H,1H3/p+1. The van der Waals surface area contributed by atoms with Gasteiger partial charge in [0.25, 0.3) is 0 Å². The van der Waals surface area contributed by atoms with Gasteiger partial charge in [-0.25, -0.2) is 0 Å². The maximum Gasteiger partial charge on any atom is 0.223 e. The quantitative estimate of drug-likeness (QED) is 0.430. The Bertz CT molecular complexity index is 1060. The van der Waals surface area contributed by atoms with Crippen LogP contribution in [0.3, 0.4) is 0 Å². The van der Waals surface area contributed by atoms with E-state index in [-0.39, 0.29) is 5.91 Å². The Kier molecular flexibility index (Phi) is 6.40. The lowest BCUT2D eigenvalue weighted by Crippen LogP contribution is -2.37. The number of rotatable bonds is 6. The fourth-order valence-electron chi connectivity index (χ4n) is 3.92. The second-order valence-corrected chi connectivity index (χ2v) is 10.7. The Morgan fingerprint density at radius 2 is 0.968 bits per heavy atom. The molecule has 0 aromatic heterocycles. The van der Waals surface area contributed by atoms with E-state index < -0.39 is 7.26 Å². The summed E-state index contributed by atoms with van der Waals surface area (Å²) in [5.74, 6) is -0.0747. The van der Waals surface area contributed by atoms with Crippen molar-refractivity contribution < 1.29 is 4.79 Å². The van der Waals surface area contributed by atoms with Crippen LogP contribution in [0.4, 0.5) is 0 Å². The number of benzene rings is 4. The normalized spacial score (nSPS) is 11.7. The molecule has 31 heavy (non-hydrogen) atoms. The van der Waals surface area contributed by atoms with Crippen LogP contribution < -0.4 is 21.2 Å². The van der Waals surface area contributed by atoms with Gasteiger partial charge in [0.1, 0.15) is 15.9 Å². The minimum atomic E-state index is -2.35. The monoisotopic (exact) mass is 422 g/mol. The van der Waals surface area contributed by atoms with Crippen LogP contribution in [0.5, 0.6) is 0 Å². The van der Waals surface area contributed by atoms with Gasteiger partial charge in [-0.2, -0.15) is 0 Å². The van der Waals surface area contributed by atoms with E-state index in [9.17, 15) is 4.79 Å². The van der Waals surface area contributed by atoms with Crippen molar-refractivity contribution in [1.29, 1.82) is 0 Å². The van der Waals surface area contributed by atoms with E-state index >= 15 is 0 Å². The van der Waals surface area contributed by atoms with Gasteiger partial charge in [-0.15, -0.1) is 0 Å². The molecule has 0 heterocycles. The van der Waals surface area contributed by atoms with Gasteiger partial charge in [0.2, 0.25) is 5.91 Å². The van der Waals surface area contributed by atoms with Crippen molar-refractivity contribution in [2.45, 2.75) is 6.92 Å². The molecule has 3 heteroatoms. The molecule has 1 N–H and O–H groups in total. The first-order chi connectivity index (χ1) is 15.2. The van der Waals surface area contributed by atoms with Crippen molar-refractivity contribution in [3.8, 4) is 0 Å². The molecular formula is C28H25NOP+. The Labute approximate surface area is 184 Å². The van der Waals surface area contributed by atoms with Gasteiger partial charge < -0.3 is 0 Å². The molecule has 152 valence electrons. The predicted octanol–water partition coefficient (Wildman–Crippen LogP) is 5.12. The Morgan fingerprint density at radius 3 is 1.32 bits per heavy atom. The minimum absolute atomic E-state index is 0.0747. The number of carbonyl (C=O) groups is 1. The molecule has 4 aromatic rings. The first kappa shape index (κ1) is 20.8. The topological polar surface area (TPSA) is 29.1 Å². The SMILES string of the molecule is CC(=O)NC(=Cc1ccccc1)[P+](c1ccccc1)(c1ccccc1)c1ccccc1.